The molecule has 4 nitrogen and oxygen atoms in total. The molecular weight excluding hydrogens is 276 g/mol. The quantitative estimate of drug-likeness (QED) is 0.679. The Morgan fingerprint density at radius 3 is 2.45 bits per heavy atom. The first-order valence-electron chi connectivity index (χ1n) is 7.22. The van der Waals surface area contributed by atoms with E-state index in [1.807, 2.05) is 25.1 Å². The molecule has 0 atom stereocenters. The molecule has 0 aliphatic carbocycles. The van der Waals surface area contributed by atoms with Crippen molar-refractivity contribution in [2.24, 2.45) is 5.10 Å². The Kier molecular flexibility index (Phi) is 5.31. The Morgan fingerprint density at radius 2 is 1.82 bits per heavy atom. The first-order chi connectivity index (χ1) is 10.7. The van der Waals surface area contributed by atoms with Gasteiger partial charge in [-0.1, -0.05) is 43.3 Å². The number of amides is 1. The lowest BCUT2D eigenvalue weighted by Gasteiger charge is -2.07. The molecule has 0 aliphatic heterocycles. The van der Waals surface area contributed by atoms with Gasteiger partial charge in [0, 0.05) is 0 Å². The lowest BCUT2D eigenvalue weighted by molar-refractivity contribution is 0.0952. The Morgan fingerprint density at radius 1 is 1.14 bits per heavy atom. The van der Waals surface area contributed by atoms with Gasteiger partial charge >= 0.3 is 0 Å². The molecule has 0 saturated carbocycles. The number of aryl methyl sites for hydroxylation is 1. The third-order valence-corrected chi connectivity index (χ3v) is 3.46. The number of nitrogens with one attached hydrogen (secondary N) is 1. The van der Waals surface area contributed by atoms with Crippen LogP contribution < -0.4 is 10.2 Å². The van der Waals surface area contributed by atoms with Crippen molar-refractivity contribution in [3.63, 3.8) is 0 Å². The Hall–Kier alpha value is -2.62. The normalized spacial score (nSPS) is 11.1. The molecule has 0 saturated heterocycles. The minimum Gasteiger partial charge on any atom is -0.496 e. The van der Waals surface area contributed by atoms with E-state index >= 15 is 0 Å². The van der Waals surface area contributed by atoms with E-state index in [9.17, 15) is 4.79 Å². The summed E-state index contributed by atoms with van der Waals surface area (Å²) in [6, 6.07) is 15.2. The van der Waals surface area contributed by atoms with Crippen LogP contribution in [-0.2, 0) is 6.42 Å². The topological polar surface area (TPSA) is 50.7 Å². The lowest BCUT2D eigenvalue weighted by atomic mass is 10.1. The van der Waals surface area contributed by atoms with Crippen molar-refractivity contribution in [2.45, 2.75) is 20.3 Å². The van der Waals surface area contributed by atoms with Crippen molar-refractivity contribution in [3.05, 3.63) is 65.2 Å². The highest BCUT2D eigenvalue weighted by atomic mass is 16.5. The molecule has 1 amide bonds. The van der Waals surface area contributed by atoms with Gasteiger partial charge in [-0.15, -0.1) is 0 Å². The smallest absolute Gasteiger partial charge is 0.275 e. The van der Waals surface area contributed by atoms with Crippen molar-refractivity contribution < 1.29 is 9.53 Å². The molecule has 2 aromatic carbocycles. The number of benzene rings is 2. The summed E-state index contributed by atoms with van der Waals surface area (Å²) in [7, 11) is 1.54. The number of carbonyl (C=O) groups is 1. The molecule has 0 unspecified atom stereocenters. The highest BCUT2D eigenvalue weighted by Gasteiger charge is 2.10. The maximum Gasteiger partial charge on any atom is 0.275 e. The first-order valence-corrected chi connectivity index (χ1v) is 7.22. The number of nitrogens with zero attached hydrogens (tertiary/aromatic N) is 1. The number of hydrogen-bond acceptors (Lipinski definition) is 3. The molecule has 0 radical (unpaired) electrons. The highest BCUT2D eigenvalue weighted by molar-refractivity contribution is 6.01. The average Bonchev–Trinajstić information content (AvgIpc) is 2.59. The van der Waals surface area contributed by atoms with Crippen LogP contribution in [0.3, 0.4) is 0 Å². The van der Waals surface area contributed by atoms with Crippen LogP contribution >= 0.6 is 0 Å². The minimum atomic E-state index is -0.290. The molecule has 0 bridgehead atoms. The second-order valence-electron chi connectivity index (χ2n) is 4.89. The summed E-state index contributed by atoms with van der Waals surface area (Å²) in [5.74, 6) is 0.238. The summed E-state index contributed by atoms with van der Waals surface area (Å²) in [5.41, 5.74) is 6.04. The number of rotatable bonds is 5. The predicted octanol–water partition coefficient (Wildman–Crippen LogP) is 3.41. The maximum absolute atomic E-state index is 12.2. The zero-order valence-electron chi connectivity index (χ0n) is 13.1. The van der Waals surface area contributed by atoms with Crippen LogP contribution in [0.5, 0.6) is 5.75 Å². The number of carbonyl (C=O) groups excluding carboxylic acids is 1. The van der Waals surface area contributed by atoms with E-state index in [0.29, 0.717) is 11.3 Å². The van der Waals surface area contributed by atoms with Crippen LogP contribution in [0, 0.1) is 0 Å². The minimum absolute atomic E-state index is 0.290. The molecule has 0 aromatic heterocycles. The van der Waals surface area contributed by atoms with Crippen LogP contribution in [0.2, 0.25) is 0 Å². The molecule has 0 aliphatic rings. The monoisotopic (exact) mass is 296 g/mol. The van der Waals surface area contributed by atoms with Crippen LogP contribution in [-0.4, -0.2) is 18.7 Å². The fraction of sp³-hybridized carbons (Fsp3) is 0.222. The van der Waals surface area contributed by atoms with E-state index in [4.69, 9.17) is 4.74 Å². The Labute approximate surface area is 130 Å². The van der Waals surface area contributed by atoms with Crippen LogP contribution in [0.15, 0.2) is 53.6 Å². The number of ether oxygens (including phenoxy) is 1. The Balaban J connectivity index is 2.11. The first kappa shape index (κ1) is 15.8. The van der Waals surface area contributed by atoms with Crippen molar-refractivity contribution in [1.29, 1.82) is 0 Å². The zero-order valence-corrected chi connectivity index (χ0v) is 13.1. The molecule has 0 fully saturated rings. The maximum atomic E-state index is 12.2. The molecular formula is C18H20N2O2. The van der Waals surface area contributed by atoms with E-state index in [-0.39, 0.29) is 5.91 Å². The summed E-state index contributed by atoms with van der Waals surface area (Å²) < 4.78 is 5.17. The fourth-order valence-corrected chi connectivity index (χ4v) is 2.07. The van der Waals surface area contributed by atoms with Gasteiger partial charge in [-0.3, -0.25) is 4.79 Å². The second-order valence-corrected chi connectivity index (χ2v) is 4.89. The molecule has 0 spiro atoms. The molecule has 1 N–H and O–H groups in total. The number of para-hydroxylation sites is 1. The van der Waals surface area contributed by atoms with Gasteiger partial charge < -0.3 is 4.74 Å². The molecule has 22 heavy (non-hydrogen) atoms. The third kappa shape index (κ3) is 3.73. The molecule has 2 aromatic rings. The van der Waals surface area contributed by atoms with Crippen molar-refractivity contribution in [2.75, 3.05) is 7.11 Å². The van der Waals surface area contributed by atoms with Gasteiger partial charge in [-0.05, 0) is 36.6 Å². The molecule has 114 valence electrons. The van der Waals surface area contributed by atoms with Crippen molar-refractivity contribution in [1.82, 2.24) is 5.43 Å². The van der Waals surface area contributed by atoms with Crippen molar-refractivity contribution in [3.8, 4) is 5.75 Å². The third-order valence-electron chi connectivity index (χ3n) is 3.46. The fourth-order valence-electron chi connectivity index (χ4n) is 2.07. The number of hydrogen-bond donors (Lipinski definition) is 1. The lowest BCUT2D eigenvalue weighted by Crippen LogP contribution is -2.20. The van der Waals surface area contributed by atoms with Gasteiger partial charge in [0.05, 0.1) is 18.4 Å². The largest absolute Gasteiger partial charge is 0.496 e. The number of methoxy groups -OCH3 is 1. The van der Waals surface area contributed by atoms with Crippen LogP contribution in [0.4, 0.5) is 0 Å². The van der Waals surface area contributed by atoms with E-state index in [1.165, 1.54) is 12.7 Å². The van der Waals surface area contributed by atoms with Gasteiger partial charge in [-0.2, -0.15) is 5.10 Å². The summed E-state index contributed by atoms with van der Waals surface area (Å²) in [4.78, 5) is 12.2. The van der Waals surface area contributed by atoms with E-state index in [2.05, 4.69) is 29.6 Å². The van der Waals surface area contributed by atoms with Crippen LogP contribution in [0.1, 0.15) is 35.3 Å². The summed E-state index contributed by atoms with van der Waals surface area (Å²) in [5, 5.41) is 4.16. The van der Waals surface area contributed by atoms with Crippen molar-refractivity contribution >= 4 is 11.6 Å². The molecule has 4 heteroatoms. The average molecular weight is 296 g/mol. The summed E-state index contributed by atoms with van der Waals surface area (Å²) >= 11 is 0. The van der Waals surface area contributed by atoms with Gasteiger partial charge in [-0.25, -0.2) is 5.43 Å². The SMILES string of the molecule is CCc1ccc(/C(C)=N\NC(=O)c2ccccc2OC)cc1. The van der Waals surface area contributed by atoms with Gasteiger partial charge in [0.15, 0.2) is 0 Å². The van der Waals surface area contributed by atoms with Gasteiger partial charge in [0.25, 0.3) is 5.91 Å². The van der Waals surface area contributed by atoms with E-state index in [0.717, 1.165) is 17.7 Å². The molecule has 0 heterocycles. The standard InChI is InChI=1S/C18H20N2O2/c1-4-14-9-11-15(12-10-14)13(2)19-20-18(21)16-7-5-6-8-17(16)22-3/h5-12H,4H2,1-3H3,(H,20,21)/b19-13-. The summed E-state index contributed by atoms with van der Waals surface area (Å²) in [6.07, 6.45) is 1.00. The van der Waals surface area contributed by atoms with Gasteiger partial charge in [0.1, 0.15) is 5.75 Å². The summed E-state index contributed by atoms with van der Waals surface area (Å²) in [6.45, 7) is 3.98. The van der Waals surface area contributed by atoms with E-state index < -0.39 is 0 Å². The Bertz CT molecular complexity index is 676. The zero-order chi connectivity index (χ0) is 15.9. The molecule has 2 rings (SSSR count). The highest BCUT2D eigenvalue weighted by Crippen LogP contribution is 2.16. The van der Waals surface area contributed by atoms with Gasteiger partial charge in [0.2, 0.25) is 0 Å². The number of hydrazone groups is 1. The van der Waals surface area contributed by atoms with Crippen LogP contribution in [0.25, 0.3) is 0 Å². The van der Waals surface area contributed by atoms with E-state index in [1.54, 1.807) is 18.2 Å². The predicted molar refractivity (Wildman–Crippen MR) is 88.5 cm³/mol. The second kappa shape index (κ2) is 7.41.